The third-order valence-corrected chi connectivity index (χ3v) is 4.68. The molecule has 0 spiro atoms. The summed E-state index contributed by atoms with van der Waals surface area (Å²) in [7, 11) is 0. The molecule has 2 atom stereocenters. The molecule has 2 aromatic rings. The van der Waals surface area contributed by atoms with Gasteiger partial charge < -0.3 is 15.5 Å². The van der Waals surface area contributed by atoms with Gasteiger partial charge in [0, 0.05) is 24.1 Å². The first-order chi connectivity index (χ1) is 13.1. The fraction of sp³-hybridized carbons (Fsp3) is 0.381. The average molecular weight is 395 g/mol. The van der Waals surface area contributed by atoms with Crippen LogP contribution in [0.1, 0.15) is 42.9 Å². The van der Waals surface area contributed by atoms with Crippen LogP contribution in [0.4, 0.5) is 18.9 Å². The molecule has 28 heavy (non-hydrogen) atoms. The highest BCUT2D eigenvalue weighted by molar-refractivity contribution is 5.92. The maximum atomic E-state index is 13.3. The van der Waals surface area contributed by atoms with Crippen molar-refractivity contribution < 1.29 is 28.2 Å². The molecule has 0 radical (unpaired) electrons. The van der Waals surface area contributed by atoms with Crippen molar-refractivity contribution >= 4 is 11.6 Å². The summed E-state index contributed by atoms with van der Waals surface area (Å²) in [6.07, 6.45) is -3.46. The van der Waals surface area contributed by atoms with Crippen LogP contribution in [0.25, 0.3) is 0 Å². The Balaban J connectivity index is 2.06. The third kappa shape index (κ3) is 5.73. The summed E-state index contributed by atoms with van der Waals surface area (Å²) in [5.41, 5.74) is 0.166. The van der Waals surface area contributed by atoms with Crippen LogP contribution in [0, 0.1) is 5.92 Å². The number of phenolic OH excluding ortho intramolecular Hbond substituents is 1. The Hall–Kier alpha value is -2.54. The number of carbonyl (C=O) groups is 1. The number of phenols is 1. The topological polar surface area (TPSA) is 69.6 Å². The maximum absolute atomic E-state index is 13.3. The van der Waals surface area contributed by atoms with Gasteiger partial charge in [-0.2, -0.15) is 13.2 Å². The summed E-state index contributed by atoms with van der Waals surface area (Å²) in [6, 6.07) is 10.3. The van der Waals surface area contributed by atoms with E-state index in [2.05, 4.69) is 5.32 Å². The smallest absolute Gasteiger partial charge is 0.416 e. The van der Waals surface area contributed by atoms with Crippen molar-refractivity contribution in [3.63, 3.8) is 0 Å². The monoisotopic (exact) mass is 395 g/mol. The number of aryl methyl sites for hydroxylation is 1. The number of aliphatic hydroxyl groups excluding tert-OH is 1. The van der Waals surface area contributed by atoms with Crippen LogP contribution < -0.4 is 5.32 Å². The molecule has 2 aromatic carbocycles. The minimum Gasteiger partial charge on any atom is -0.508 e. The van der Waals surface area contributed by atoms with Crippen molar-refractivity contribution in [2.24, 2.45) is 5.92 Å². The zero-order valence-electron chi connectivity index (χ0n) is 15.8. The number of hydrogen-bond donors (Lipinski definition) is 3. The first-order valence-corrected chi connectivity index (χ1v) is 9.02. The van der Waals surface area contributed by atoms with E-state index in [0.717, 1.165) is 11.6 Å². The van der Waals surface area contributed by atoms with Crippen LogP contribution in [-0.2, 0) is 17.4 Å². The highest BCUT2D eigenvalue weighted by Crippen LogP contribution is 2.37. The number of nitrogens with one attached hydrogen (secondary N) is 1. The zero-order chi connectivity index (χ0) is 20.9. The summed E-state index contributed by atoms with van der Waals surface area (Å²) in [5, 5.41) is 21.0. The minimum atomic E-state index is -4.58. The van der Waals surface area contributed by atoms with E-state index in [1.54, 1.807) is 31.2 Å². The van der Waals surface area contributed by atoms with Crippen LogP contribution in [0.2, 0.25) is 0 Å². The van der Waals surface area contributed by atoms with Gasteiger partial charge in [-0.1, -0.05) is 32.0 Å². The highest BCUT2D eigenvalue weighted by Gasteiger charge is 2.35. The van der Waals surface area contributed by atoms with Gasteiger partial charge in [0.2, 0.25) is 5.91 Å². The van der Waals surface area contributed by atoms with Crippen LogP contribution >= 0.6 is 0 Å². The molecule has 0 heterocycles. The van der Waals surface area contributed by atoms with E-state index < -0.39 is 30.2 Å². The molecular formula is C21H24F3NO3. The number of anilines is 1. The fourth-order valence-electron chi connectivity index (χ4n) is 2.85. The van der Waals surface area contributed by atoms with Crippen molar-refractivity contribution in [1.82, 2.24) is 0 Å². The molecule has 7 heteroatoms. The largest absolute Gasteiger partial charge is 0.508 e. The van der Waals surface area contributed by atoms with Crippen LogP contribution in [0.15, 0.2) is 42.5 Å². The van der Waals surface area contributed by atoms with E-state index in [-0.39, 0.29) is 22.9 Å². The lowest BCUT2D eigenvalue weighted by atomic mass is 9.95. The number of alkyl halides is 3. The van der Waals surface area contributed by atoms with Gasteiger partial charge >= 0.3 is 6.18 Å². The van der Waals surface area contributed by atoms with Crippen LogP contribution in [0.3, 0.4) is 0 Å². The van der Waals surface area contributed by atoms with Gasteiger partial charge in [-0.25, -0.2) is 0 Å². The number of carbonyl (C=O) groups excluding carboxylic acids is 1. The van der Waals surface area contributed by atoms with Gasteiger partial charge in [-0.05, 0) is 48.2 Å². The van der Waals surface area contributed by atoms with E-state index in [1.807, 2.05) is 0 Å². The maximum Gasteiger partial charge on any atom is 0.416 e. The standard InChI is InChI=1S/C21H24F3NO3/c1-13(3-4-15-5-8-17(27)9-6-15)20(28)25-16-7-10-18(14(2)12-26)19(11-16)21(22,23)24/h5-11,13-14,26-27H,3-4,12H2,1-2H3,(H,25,28). The van der Waals surface area contributed by atoms with E-state index >= 15 is 0 Å². The van der Waals surface area contributed by atoms with Gasteiger partial charge in [0.15, 0.2) is 0 Å². The van der Waals surface area contributed by atoms with Gasteiger partial charge in [0.1, 0.15) is 5.75 Å². The second-order valence-corrected chi connectivity index (χ2v) is 6.98. The summed E-state index contributed by atoms with van der Waals surface area (Å²) in [4.78, 5) is 12.4. The van der Waals surface area contributed by atoms with Crippen molar-refractivity contribution in [3.8, 4) is 5.75 Å². The third-order valence-electron chi connectivity index (χ3n) is 4.68. The number of benzene rings is 2. The molecule has 0 bridgehead atoms. The fourth-order valence-corrected chi connectivity index (χ4v) is 2.85. The zero-order valence-corrected chi connectivity index (χ0v) is 15.8. The van der Waals surface area contributed by atoms with Crippen molar-refractivity contribution in [2.75, 3.05) is 11.9 Å². The van der Waals surface area contributed by atoms with E-state index in [0.29, 0.717) is 12.8 Å². The lowest BCUT2D eigenvalue weighted by Gasteiger charge is -2.19. The minimum absolute atomic E-state index is 0.00613. The van der Waals surface area contributed by atoms with E-state index in [9.17, 15) is 28.2 Å². The molecule has 0 aromatic heterocycles. The number of amides is 1. The SMILES string of the molecule is CC(CCc1ccc(O)cc1)C(=O)Nc1ccc(C(C)CO)c(C(F)(F)F)c1. The molecule has 2 rings (SSSR count). The Morgan fingerprint density at radius 2 is 1.75 bits per heavy atom. The molecule has 2 unspecified atom stereocenters. The molecule has 3 N–H and O–H groups in total. The molecule has 4 nitrogen and oxygen atoms in total. The first-order valence-electron chi connectivity index (χ1n) is 9.02. The Bertz CT molecular complexity index is 804. The molecule has 0 saturated carbocycles. The summed E-state index contributed by atoms with van der Waals surface area (Å²) >= 11 is 0. The molecule has 0 aliphatic carbocycles. The second-order valence-electron chi connectivity index (χ2n) is 6.98. The van der Waals surface area contributed by atoms with Crippen molar-refractivity contribution in [1.29, 1.82) is 0 Å². The number of hydrogen-bond acceptors (Lipinski definition) is 3. The van der Waals surface area contributed by atoms with Crippen molar-refractivity contribution in [3.05, 3.63) is 59.2 Å². The molecule has 152 valence electrons. The lowest BCUT2D eigenvalue weighted by Crippen LogP contribution is -2.21. The Morgan fingerprint density at radius 1 is 1.11 bits per heavy atom. The van der Waals surface area contributed by atoms with Gasteiger partial charge in [-0.15, -0.1) is 0 Å². The number of rotatable bonds is 7. The predicted molar refractivity (Wildman–Crippen MR) is 101 cm³/mol. The summed E-state index contributed by atoms with van der Waals surface area (Å²) in [6.45, 7) is 2.82. The highest BCUT2D eigenvalue weighted by atomic mass is 19.4. The van der Waals surface area contributed by atoms with E-state index in [1.165, 1.54) is 19.1 Å². The predicted octanol–water partition coefficient (Wildman–Crippen LogP) is 4.71. The Kier molecular flexibility index (Phi) is 7.07. The van der Waals surface area contributed by atoms with Gasteiger partial charge in [0.25, 0.3) is 0 Å². The molecule has 0 aliphatic rings. The first kappa shape index (κ1) is 21.8. The van der Waals surface area contributed by atoms with Gasteiger partial charge in [-0.3, -0.25) is 4.79 Å². The van der Waals surface area contributed by atoms with Gasteiger partial charge in [0.05, 0.1) is 5.56 Å². The number of aromatic hydroxyl groups is 1. The van der Waals surface area contributed by atoms with Crippen LogP contribution in [0.5, 0.6) is 5.75 Å². The number of aliphatic hydroxyl groups is 1. The lowest BCUT2D eigenvalue weighted by molar-refractivity contribution is -0.138. The Morgan fingerprint density at radius 3 is 2.32 bits per heavy atom. The summed E-state index contributed by atoms with van der Waals surface area (Å²) in [5.74, 6) is -1.27. The molecule has 0 fully saturated rings. The van der Waals surface area contributed by atoms with E-state index in [4.69, 9.17) is 0 Å². The average Bonchev–Trinajstić information content (AvgIpc) is 2.65. The summed E-state index contributed by atoms with van der Waals surface area (Å²) < 4.78 is 40.0. The molecule has 1 amide bonds. The molecule has 0 saturated heterocycles. The van der Waals surface area contributed by atoms with Crippen molar-refractivity contribution in [2.45, 2.75) is 38.8 Å². The second kappa shape index (κ2) is 9.10. The van der Waals surface area contributed by atoms with Crippen LogP contribution in [-0.4, -0.2) is 22.7 Å². The Labute approximate surface area is 162 Å². The number of halogens is 3. The quantitative estimate of drug-likeness (QED) is 0.636. The molecular weight excluding hydrogens is 371 g/mol. The molecule has 0 aliphatic heterocycles. The normalized spacial score (nSPS) is 13.8.